The van der Waals surface area contributed by atoms with Crippen LogP contribution in [-0.4, -0.2) is 61.5 Å². The summed E-state index contributed by atoms with van der Waals surface area (Å²) in [4.78, 5) is 19.0. The first-order valence-corrected chi connectivity index (χ1v) is 13.0. The molecule has 1 aliphatic heterocycles. The Bertz CT molecular complexity index is 982. The van der Waals surface area contributed by atoms with Crippen LogP contribution in [0.2, 0.25) is 0 Å². The van der Waals surface area contributed by atoms with Crippen LogP contribution in [0.3, 0.4) is 0 Å². The molecule has 3 heterocycles. The number of carbonyl (C=O) groups is 1. The molecule has 8 nitrogen and oxygen atoms in total. The van der Waals surface area contributed by atoms with Gasteiger partial charge in [-0.25, -0.2) is 14.3 Å². The molecule has 0 radical (unpaired) electrons. The van der Waals surface area contributed by atoms with Gasteiger partial charge >= 0.3 is 6.09 Å². The Morgan fingerprint density at radius 2 is 1.85 bits per heavy atom. The fourth-order valence-corrected chi connectivity index (χ4v) is 5.12. The molecule has 1 saturated heterocycles. The molecule has 0 aromatic carbocycles. The van der Waals surface area contributed by atoms with Crippen LogP contribution < -0.4 is 5.32 Å². The SMILES string of the molecule is CC[C@H](C)Nc1ncc2c(C3CCN(C(=O)OC(C)(C)C)CC3)cc(C3CCC(O)CC3)n2n1. The highest BCUT2D eigenvalue weighted by molar-refractivity contribution is 5.68. The van der Waals surface area contributed by atoms with Gasteiger partial charge in [-0.2, -0.15) is 0 Å². The van der Waals surface area contributed by atoms with Crippen LogP contribution in [0.25, 0.3) is 5.52 Å². The van der Waals surface area contributed by atoms with E-state index in [4.69, 9.17) is 9.84 Å². The number of anilines is 1. The van der Waals surface area contributed by atoms with Gasteiger partial charge in [-0.1, -0.05) is 6.92 Å². The van der Waals surface area contributed by atoms with Crippen molar-refractivity contribution in [3.8, 4) is 0 Å². The highest BCUT2D eigenvalue weighted by Gasteiger charge is 2.31. The summed E-state index contributed by atoms with van der Waals surface area (Å²) in [5.41, 5.74) is 3.08. The van der Waals surface area contributed by atoms with Crippen LogP contribution >= 0.6 is 0 Å². The zero-order valence-corrected chi connectivity index (χ0v) is 21.4. The molecular weight excluding hydrogens is 430 g/mol. The van der Waals surface area contributed by atoms with E-state index < -0.39 is 5.60 Å². The normalized spacial score (nSPS) is 23.2. The minimum absolute atomic E-state index is 0.184. The van der Waals surface area contributed by atoms with Gasteiger partial charge in [0.1, 0.15) is 5.60 Å². The Morgan fingerprint density at radius 3 is 2.47 bits per heavy atom. The molecule has 1 aliphatic carbocycles. The number of amides is 1. The molecule has 8 heteroatoms. The molecule has 34 heavy (non-hydrogen) atoms. The maximum absolute atomic E-state index is 12.5. The Kier molecular flexibility index (Phi) is 7.36. The third-order valence-electron chi connectivity index (χ3n) is 7.27. The number of likely N-dealkylation sites (tertiary alicyclic amines) is 1. The number of ether oxygens (including phenoxy) is 1. The van der Waals surface area contributed by atoms with Crippen molar-refractivity contribution in [2.75, 3.05) is 18.4 Å². The van der Waals surface area contributed by atoms with Crippen LogP contribution in [0, 0.1) is 0 Å². The summed E-state index contributed by atoms with van der Waals surface area (Å²) in [5.74, 6) is 1.40. The van der Waals surface area contributed by atoms with E-state index in [9.17, 15) is 9.90 Å². The summed E-state index contributed by atoms with van der Waals surface area (Å²) >= 11 is 0. The van der Waals surface area contributed by atoms with Crippen LogP contribution in [-0.2, 0) is 4.74 Å². The van der Waals surface area contributed by atoms with Crippen LogP contribution in [0.5, 0.6) is 0 Å². The molecule has 2 aromatic heterocycles. The van der Waals surface area contributed by atoms with Gasteiger partial charge in [-0.3, -0.25) is 0 Å². The van der Waals surface area contributed by atoms with E-state index in [-0.39, 0.29) is 12.2 Å². The number of nitrogens with zero attached hydrogens (tertiary/aromatic N) is 4. The van der Waals surface area contributed by atoms with Gasteiger partial charge in [0.25, 0.3) is 0 Å². The van der Waals surface area contributed by atoms with Crippen LogP contribution in [0.15, 0.2) is 12.3 Å². The molecule has 2 fully saturated rings. The number of carbonyl (C=O) groups excluding carboxylic acids is 1. The number of nitrogens with one attached hydrogen (secondary N) is 1. The van der Waals surface area contributed by atoms with Gasteiger partial charge < -0.3 is 20.1 Å². The van der Waals surface area contributed by atoms with Crippen LogP contribution in [0.1, 0.15) is 103 Å². The largest absolute Gasteiger partial charge is 0.444 e. The number of rotatable bonds is 5. The number of piperidine rings is 1. The molecule has 188 valence electrons. The Morgan fingerprint density at radius 1 is 1.18 bits per heavy atom. The van der Waals surface area contributed by atoms with E-state index in [1.165, 1.54) is 11.3 Å². The van der Waals surface area contributed by atoms with E-state index in [1.54, 1.807) is 0 Å². The molecule has 1 amide bonds. The third kappa shape index (κ3) is 5.65. The Hall–Kier alpha value is -2.35. The van der Waals surface area contributed by atoms with Crippen molar-refractivity contribution >= 4 is 17.6 Å². The van der Waals surface area contributed by atoms with Gasteiger partial charge in [-0.05, 0) is 90.2 Å². The van der Waals surface area contributed by atoms with E-state index >= 15 is 0 Å². The standard InChI is InChI=1S/C26H41N5O3/c1-6-17(2)28-24-27-16-23-21(15-22(31(23)29-24)19-7-9-20(32)10-8-19)18-11-13-30(14-12-18)25(33)34-26(3,4)5/h15-20,32H,6-14H2,1-5H3,(H,28,29)/t17-,19?,20?/m0/s1. The fraction of sp³-hybridized carbons (Fsp3) is 0.731. The van der Waals surface area contributed by atoms with E-state index in [2.05, 4.69) is 34.7 Å². The quantitative estimate of drug-likeness (QED) is 0.632. The highest BCUT2D eigenvalue weighted by atomic mass is 16.6. The van der Waals surface area contributed by atoms with Gasteiger partial charge in [0.2, 0.25) is 5.95 Å². The highest BCUT2D eigenvalue weighted by Crippen LogP contribution is 2.39. The van der Waals surface area contributed by atoms with E-state index in [0.717, 1.165) is 50.5 Å². The lowest BCUT2D eigenvalue weighted by Gasteiger charge is -2.33. The average molecular weight is 472 g/mol. The lowest BCUT2D eigenvalue weighted by molar-refractivity contribution is 0.0205. The molecule has 0 bridgehead atoms. The minimum atomic E-state index is -0.479. The van der Waals surface area contributed by atoms with Crippen molar-refractivity contribution in [2.24, 2.45) is 0 Å². The molecule has 4 rings (SSSR count). The molecule has 2 N–H and O–H groups in total. The predicted octanol–water partition coefficient (Wildman–Crippen LogP) is 5.07. The van der Waals surface area contributed by atoms with Gasteiger partial charge in [-0.15, -0.1) is 5.10 Å². The molecule has 1 saturated carbocycles. The smallest absolute Gasteiger partial charge is 0.410 e. The predicted molar refractivity (Wildman–Crippen MR) is 133 cm³/mol. The van der Waals surface area contributed by atoms with Crippen molar-refractivity contribution in [2.45, 2.75) is 109 Å². The summed E-state index contributed by atoms with van der Waals surface area (Å²) in [6.07, 6.45) is 7.97. The van der Waals surface area contributed by atoms with Crippen molar-refractivity contribution in [3.63, 3.8) is 0 Å². The fourth-order valence-electron chi connectivity index (χ4n) is 5.12. The molecule has 1 atom stereocenters. The number of hydrogen-bond donors (Lipinski definition) is 2. The van der Waals surface area contributed by atoms with Crippen molar-refractivity contribution in [1.82, 2.24) is 19.5 Å². The molecule has 2 aromatic rings. The maximum Gasteiger partial charge on any atom is 0.410 e. The van der Waals surface area contributed by atoms with Crippen molar-refractivity contribution < 1.29 is 14.6 Å². The number of aliphatic hydroxyl groups excluding tert-OH is 1. The summed E-state index contributed by atoms with van der Waals surface area (Å²) < 4.78 is 7.66. The zero-order valence-electron chi connectivity index (χ0n) is 21.4. The summed E-state index contributed by atoms with van der Waals surface area (Å²) in [6, 6.07) is 2.63. The van der Waals surface area contributed by atoms with Crippen molar-refractivity contribution in [3.05, 3.63) is 23.5 Å². The van der Waals surface area contributed by atoms with E-state index in [0.29, 0.717) is 36.9 Å². The third-order valence-corrected chi connectivity index (χ3v) is 7.27. The first-order valence-electron chi connectivity index (χ1n) is 13.0. The topological polar surface area (TPSA) is 92.0 Å². The van der Waals surface area contributed by atoms with E-state index in [1.807, 2.05) is 31.9 Å². The van der Waals surface area contributed by atoms with Gasteiger partial charge in [0.15, 0.2) is 0 Å². The molecular formula is C26H41N5O3. The lowest BCUT2D eigenvalue weighted by atomic mass is 9.84. The molecule has 0 unspecified atom stereocenters. The lowest BCUT2D eigenvalue weighted by Crippen LogP contribution is -2.41. The average Bonchev–Trinajstić information content (AvgIpc) is 3.17. The Labute approximate surface area is 203 Å². The Balaban J connectivity index is 1.58. The first kappa shape index (κ1) is 24.8. The number of fused-ring (bicyclic) bond motifs is 1. The summed E-state index contributed by atoms with van der Waals surface area (Å²) in [5, 5.41) is 18.3. The minimum Gasteiger partial charge on any atom is -0.444 e. The summed E-state index contributed by atoms with van der Waals surface area (Å²) in [7, 11) is 0. The van der Waals surface area contributed by atoms with Crippen molar-refractivity contribution in [1.29, 1.82) is 0 Å². The zero-order chi connectivity index (χ0) is 24.5. The number of aliphatic hydroxyl groups is 1. The summed E-state index contributed by atoms with van der Waals surface area (Å²) in [6.45, 7) is 11.4. The maximum atomic E-state index is 12.5. The number of hydrogen-bond acceptors (Lipinski definition) is 6. The molecule has 2 aliphatic rings. The van der Waals surface area contributed by atoms with Gasteiger partial charge in [0, 0.05) is 30.7 Å². The first-order chi connectivity index (χ1) is 16.1. The van der Waals surface area contributed by atoms with Crippen LogP contribution in [0.4, 0.5) is 10.7 Å². The number of aromatic nitrogens is 3. The molecule has 0 spiro atoms. The monoisotopic (exact) mass is 471 g/mol. The second kappa shape index (κ2) is 10.1. The van der Waals surface area contributed by atoms with Gasteiger partial charge in [0.05, 0.1) is 17.8 Å². The second-order valence-corrected chi connectivity index (χ2v) is 11.1. The second-order valence-electron chi connectivity index (χ2n) is 11.1.